The maximum Gasteiger partial charge on any atom is 0.0824 e. The standard InChI is InChI=1S/C15H24N2O/c1-13(7-8-14-5-3-2-4-6-14)17-9-10-18-15(11-16)12-17/h2-6,13,15H,7-12,16H2,1H3. The summed E-state index contributed by atoms with van der Waals surface area (Å²) in [5, 5.41) is 0. The maximum absolute atomic E-state index is 5.68. The fraction of sp³-hybridized carbons (Fsp3) is 0.600. The van der Waals surface area contributed by atoms with Crippen molar-refractivity contribution in [3.63, 3.8) is 0 Å². The SMILES string of the molecule is CC(CCc1ccccc1)N1CCOC(CN)C1. The number of hydrogen-bond donors (Lipinski definition) is 1. The predicted octanol–water partition coefficient (Wildman–Crippen LogP) is 1.67. The number of nitrogens with zero attached hydrogens (tertiary/aromatic N) is 1. The third kappa shape index (κ3) is 3.80. The van der Waals surface area contributed by atoms with Crippen molar-refractivity contribution in [1.29, 1.82) is 0 Å². The summed E-state index contributed by atoms with van der Waals surface area (Å²) in [4.78, 5) is 2.50. The van der Waals surface area contributed by atoms with E-state index >= 15 is 0 Å². The Kier molecular flexibility index (Phi) is 5.17. The molecule has 0 radical (unpaired) electrons. The van der Waals surface area contributed by atoms with Gasteiger partial charge >= 0.3 is 0 Å². The Hall–Kier alpha value is -0.900. The van der Waals surface area contributed by atoms with Gasteiger partial charge in [-0.1, -0.05) is 30.3 Å². The molecule has 0 spiro atoms. The van der Waals surface area contributed by atoms with E-state index in [4.69, 9.17) is 10.5 Å². The van der Waals surface area contributed by atoms with E-state index in [1.807, 2.05) is 0 Å². The fourth-order valence-corrected chi connectivity index (χ4v) is 2.49. The van der Waals surface area contributed by atoms with Crippen LogP contribution in [0, 0.1) is 0 Å². The quantitative estimate of drug-likeness (QED) is 0.861. The Morgan fingerprint density at radius 2 is 2.17 bits per heavy atom. The topological polar surface area (TPSA) is 38.5 Å². The molecule has 1 aliphatic rings. The Morgan fingerprint density at radius 1 is 1.39 bits per heavy atom. The van der Waals surface area contributed by atoms with Gasteiger partial charge in [0.1, 0.15) is 0 Å². The van der Waals surface area contributed by atoms with Gasteiger partial charge in [0.25, 0.3) is 0 Å². The zero-order chi connectivity index (χ0) is 12.8. The first-order valence-electron chi connectivity index (χ1n) is 6.89. The van der Waals surface area contributed by atoms with E-state index in [-0.39, 0.29) is 6.10 Å². The first-order valence-corrected chi connectivity index (χ1v) is 6.89. The van der Waals surface area contributed by atoms with Crippen molar-refractivity contribution in [2.24, 2.45) is 5.73 Å². The van der Waals surface area contributed by atoms with Gasteiger partial charge in [-0.15, -0.1) is 0 Å². The molecule has 3 nitrogen and oxygen atoms in total. The molecule has 0 bridgehead atoms. The Morgan fingerprint density at radius 3 is 2.89 bits per heavy atom. The fourth-order valence-electron chi connectivity index (χ4n) is 2.49. The van der Waals surface area contributed by atoms with Crippen molar-refractivity contribution in [2.45, 2.75) is 31.9 Å². The van der Waals surface area contributed by atoms with Gasteiger partial charge < -0.3 is 10.5 Å². The molecule has 2 atom stereocenters. The number of morpholine rings is 1. The van der Waals surface area contributed by atoms with Gasteiger partial charge in [-0.05, 0) is 25.3 Å². The average Bonchev–Trinajstić information content (AvgIpc) is 2.46. The monoisotopic (exact) mass is 248 g/mol. The highest BCUT2D eigenvalue weighted by Gasteiger charge is 2.22. The van der Waals surface area contributed by atoms with Crippen LogP contribution in [-0.2, 0) is 11.2 Å². The molecule has 0 aromatic heterocycles. The highest BCUT2D eigenvalue weighted by molar-refractivity contribution is 5.14. The molecule has 1 fully saturated rings. The molecule has 3 heteroatoms. The highest BCUT2D eigenvalue weighted by atomic mass is 16.5. The number of nitrogens with two attached hydrogens (primary N) is 1. The van der Waals surface area contributed by atoms with E-state index in [0.29, 0.717) is 12.6 Å². The first-order chi connectivity index (χ1) is 8.79. The second-order valence-electron chi connectivity index (χ2n) is 5.10. The summed E-state index contributed by atoms with van der Waals surface area (Å²) < 4.78 is 5.60. The summed E-state index contributed by atoms with van der Waals surface area (Å²) in [7, 11) is 0. The van der Waals surface area contributed by atoms with E-state index in [0.717, 1.165) is 26.1 Å². The molecule has 0 aliphatic carbocycles. The maximum atomic E-state index is 5.68. The van der Waals surface area contributed by atoms with Gasteiger partial charge in [-0.25, -0.2) is 0 Å². The summed E-state index contributed by atoms with van der Waals surface area (Å²) in [5.74, 6) is 0. The van der Waals surface area contributed by atoms with Crippen molar-refractivity contribution in [3.05, 3.63) is 35.9 Å². The number of aryl methyl sites for hydroxylation is 1. The normalized spacial score (nSPS) is 22.9. The number of rotatable bonds is 5. The molecule has 0 amide bonds. The summed E-state index contributed by atoms with van der Waals surface area (Å²) in [6, 6.07) is 11.3. The lowest BCUT2D eigenvalue weighted by Gasteiger charge is -2.36. The van der Waals surface area contributed by atoms with E-state index in [9.17, 15) is 0 Å². The van der Waals surface area contributed by atoms with Crippen molar-refractivity contribution in [1.82, 2.24) is 4.90 Å². The minimum absolute atomic E-state index is 0.220. The lowest BCUT2D eigenvalue weighted by atomic mass is 10.0. The zero-order valence-electron chi connectivity index (χ0n) is 11.2. The van der Waals surface area contributed by atoms with Crippen LogP contribution in [0.15, 0.2) is 30.3 Å². The first kappa shape index (κ1) is 13.5. The van der Waals surface area contributed by atoms with Crippen LogP contribution >= 0.6 is 0 Å². The third-order valence-electron chi connectivity index (χ3n) is 3.75. The van der Waals surface area contributed by atoms with E-state index in [2.05, 4.69) is 42.2 Å². The average molecular weight is 248 g/mol. The molecule has 1 aromatic rings. The number of benzene rings is 1. The molecule has 0 saturated carbocycles. The van der Waals surface area contributed by atoms with Crippen LogP contribution in [0.1, 0.15) is 18.9 Å². The van der Waals surface area contributed by atoms with Gasteiger partial charge in [0.15, 0.2) is 0 Å². The van der Waals surface area contributed by atoms with Crippen LogP contribution in [0.5, 0.6) is 0 Å². The van der Waals surface area contributed by atoms with Crippen LogP contribution in [0.2, 0.25) is 0 Å². The molecule has 1 saturated heterocycles. The summed E-state index contributed by atoms with van der Waals surface area (Å²) >= 11 is 0. The molecule has 2 N–H and O–H groups in total. The van der Waals surface area contributed by atoms with Crippen LogP contribution in [0.3, 0.4) is 0 Å². The van der Waals surface area contributed by atoms with Gasteiger partial charge in [0, 0.05) is 25.7 Å². The molecule has 1 aliphatic heterocycles. The van der Waals surface area contributed by atoms with Gasteiger partial charge in [-0.2, -0.15) is 0 Å². The van der Waals surface area contributed by atoms with Gasteiger partial charge in [0.05, 0.1) is 12.7 Å². The molecular formula is C15H24N2O. The van der Waals surface area contributed by atoms with Crippen molar-refractivity contribution < 1.29 is 4.74 Å². The molecule has 1 aromatic carbocycles. The number of ether oxygens (including phenoxy) is 1. The van der Waals surface area contributed by atoms with Crippen LogP contribution in [0.4, 0.5) is 0 Å². The molecule has 100 valence electrons. The smallest absolute Gasteiger partial charge is 0.0824 e. The Balaban J connectivity index is 1.79. The van der Waals surface area contributed by atoms with Crippen LogP contribution in [-0.4, -0.2) is 43.3 Å². The summed E-state index contributed by atoms with van der Waals surface area (Å²) in [6.07, 6.45) is 2.56. The predicted molar refractivity (Wildman–Crippen MR) is 74.6 cm³/mol. The van der Waals surface area contributed by atoms with Crippen LogP contribution in [0.25, 0.3) is 0 Å². The molecular weight excluding hydrogens is 224 g/mol. The molecule has 2 unspecified atom stereocenters. The molecule has 18 heavy (non-hydrogen) atoms. The van der Waals surface area contributed by atoms with Gasteiger partial charge in [-0.3, -0.25) is 4.90 Å². The van der Waals surface area contributed by atoms with E-state index in [1.54, 1.807) is 0 Å². The zero-order valence-corrected chi connectivity index (χ0v) is 11.2. The molecule has 2 rings (SSSR count). The second-order valence-corrected chi connectivity index (χ2v) is 5.10. The lowest BCUT2D eigenvalue weighted by molar-refractivity contribution is -0.0368. The van der Waals surface area contributed by atoms with Crippen molar-refractivity contribution in [2.75, 3.05) is 26.2 Å². The van der Waals surface area contributed by atoms with E-state index in [1.165, 1.54) is 12.0 Å². The van der Waals surface area contributed by atoms with Crippen molar-refractivity contribution in [3.8, 4) is 0 Å². The van der Waals surface area contributed by atoms with Gasteiger partial charge in [0.2, 0.25) is 0 Å². The Bertz CT molecular complexity index is 342. The summed E-state index contributed by atoms with van der Waals surface area (Å²) in [5.41, 5.74) is 7.10. The minimum atomic E-state index is 0.220. The van der Waals surface area contributed by atoms with E-state index < -0.39 is 0 Å². The Labute approximate surface area is 110 Å². The minimum Gasteiger partial charge on any atom is -0.374 e. The number of hydrogen-bond acceptors (Lipinski definition) is 3. The lowest BCUT2D eigenvalue weighted by Crippen LogP contribution is -2.49. The summed E-state index contributed by atoms with van der Waals surface area (Å²) in [6.45, 7) is 5.76. The second kappa shape index (κ2) is 6.88. The van der Waals surface area contributed by atoms with Crippen molar-refractivity contribution >= 4 is 0 Å². The molecule has 1 heterocycles. The third-order valence-corrected chi connectivity index (χ3v) is 3.75. The largest absolute Gasteiger partial charge is 0.374 e. The van der Waals surface area contributed by atoms with Crippen LogP contribution < -0.4 is 5.73 Å². The highest BCUT2D eigenvalue weighted by Crippen LogP contribution is 2.13.